The van der Waals surface area contributed by atoms with E-state index in [1.165, 1.54) is 0 Å². The first-order valence-electron chi connectivity index (χ1n) is 7.64. The maximum absolute atomic E-state index is 12.4. The van der Waals surface area contributed by atoms with Gasteiger partial charge in [0.25, 0.3) is 0 Å². The summed E-state index contributed by atoms with van der Waals surface area (Å²) >= 11 is 0. The van der Waals surface area contributed by atoms with Gasteiger partial charge in [0.05, 0.1) is 13.3 Å². The van der Waals surface area contributed by atoms with Gasteiger partial charge in [0, 0.05) is 22.1 Å². The van der Waals surface area contributed by atoms with Gasteiger partial charge in [0.15, 0.2) is 5.76 Å². The molecule has 4 nitrogen and oxygen atoms in total. The Bertz CT molecular complexity index is 840. The molecule has 0 radical (unpaired) electrons. The van der Waals surface area contributed by atoms with Crippen LogP contribution in [0.15, 0.2) is 59.1 Å². The molecule has 0 spiro atoms. The van der Waals surface area contributed by atoms with Crippen LogP contribution >= 0.6 is 0 Å². The lowest BCUT2D eigenvalue weighted by atomic mass is 10.1. The Morgan fingerprint density at radius 2 is 1.83 bits per heavy atom. The van der Waals surface area contributed by atoms with Crippen molar-refractivity contribution in [3.63, 3.8) is 0 Å². The van der Waals surface area contributed by atoms with E-state index < -0.39 is 10.8 Å². The Kier molecular flexibility index (Phi) is 5.11. The Labute approximate surface area is 144 Å². The van der Waals surface area contributed by atoms with Crippen molar-refractivity contribution in [1.82, 2.24) is 4.98 Å². The second-order valence-corrected chi connectivity index (χ2v) is 6.96. The summed E-state index contributed by atoms with van der Waals surface area (Å²) in [5, 5.41) is 0. The molecule has 1 heterocycles. The van der Waals surface area contributed by atoms with Crippen molar-refractivity contribution in [2.75, 3.05) is 7.11 Å². The summed E-state index contributed by atoms with van der Waals surface area (Å²) < 4.78 is 23.2. The average molecular weight is 341 g/mol. The highest BCUT2D eigenvalue weighted by atomic mass is 32.2. The van der Waals surface area contributed by atoms with Gasteiger partial charge in [-0.3, -0.25) is 4.21 Å². The summed E-state index contributed by atoms with van der Waals surface area (Å²) in [5.74, 6) is 2.77. The zero-order chi connectivity index (χ0) is 16.9. The lowest BCUT2D eigenvalue weighted by Crippen LogP contribution is -2.01. The zero-order valence-electron chi connectivity index (χ0n) is 13.7. The Morgan fingerprint density at radius 3 is 2.54 bits per heavy atom. The molecule has 1 unspecified atom stereocenters. The fraction of sp³-hybridized carbons (Fsp3) is 0.211. The van der Waals surface area contributed by atoms with Crippen LogP contribution in [-0.2, 0) is 22.3 Å². The maximum Gasteiger partial charge on any atom is 0.207 e. The van der Waals surface area contributed by atoms with E-state index in [-0.39, 0.29) is 0 Å². The third kappa shape index (κ3) is 3.92. The van der Waals surface area contributed by atoms with Crippen LogP contribution in [0.25, 0.3) is 11.3 Å². The molecule has 24 heavy (non-hydrogen) atoms. The predicted octanol–water partition coefficient (Wildman–Crippen LogP) is 4.11. The largest absolute Gasteiger partial charge is 0.497 e. The van der Waals surface area contributed by atoms with Crippen LogP contribution < -0.4 is 4.74 Å². The minimum absolute atomic E-state index is 0.310. The van der Waals surface area contributed by atoms with Crippen LogP contribution in [0.5, 0.6) is 5.75 Å². The molecule has 0 aliphatic carbocycles. The predicted molar refractivity (Wildman–Crippen MR) is 95.2 cm³/mol. The summed E-state index contributed by atoms with van der Waals surface area (Å²) in [4.78, 5) is 4.25. The molecule has 124 valence electrons. The topological polar surface area (TPSA) is 52.3 Å². The molecule has 0 aliphatic heterocycles. The molecule has 1 aromatic heterocycles. The van der Waals surface area contributed by atoms with Gasteiger partial charge < -0.3 is 9.15 Å². The minimum atomic E-state index is -1.06. The van der Waals surface area contributed by atoms with Crippen LogP contribution in [0, 0.1) is 6.92 Å². The second kappa shape index (κ2) is 7.45. The van der Waals surface area contributed by atoms with Crippen molar-refractivity contribution < 1.29 is 13.4 Å². The van der Waals surface area contributed by atoms with Gasteiger partial charge in [-0.2, -0.15) is 0 Å². The summed E-state index contributed by atoms with van der Waals surface area (Å²) in [6, 6.07) is 15.5. The number of methoxy groups -OCH3 is 1. The van der Waals surface area contributed by atoms with E-state index in [4.69, 9.17) is 9.15 Å². The average Bonchev–Trinajstić information content (AvgIpc) is 3.05. The lowest BCUT2D eigenvalue weighted by Gasteiger charge is -2.04. The van der Waals surface area contributed by atoms with Crippen molar-refractivity contribution in [1.29, 1.82) is 0 Å². The Hall–Kier alpha value is -2.40. The third-order valence-electron chi connectivity index (χ3n) is 3.79. The number of hydrogen-bond donors (Lipinski definition) is 0. The smallest absolute Gasteiger partial charge is 0.207 e. The lowest BCUT2D eigenvalue weighted by molar-refractivity contribution is 0.415. The molecule has 5 heteroatoms. The maximum atomic E-state index is 12.4. The van der Waals surface area contributed by atoms with Crippen LogP contribution in [0.4, 0.5) is 0 Å². The molecule has 0 aliphatic rings. The highest BCUT2D eigenvalue weighted by molar-refractivity contribution is 7.83. The van der Waals surface area contributed by atoms with Crippen molar-refractivity contribution in [2.24, 2.45) is 0 Å². The molecule has 0 amide bonds. The number of aryl methyl sites for hydroxylation is 1. The van der Waals surface area contributed by atoms with E-state index in [1.54, 1.807) is 13.3 Å². The van der Waals surface area contributed by atoms with Crippen molar-refractivity contribution >= 4 is 10.8 Å². The number of nitrogens with zero attached hydrogens (tertiary/aromatic N) is 1. The normalized spacial score (nSPS) is 12.1. The standard InChI is InChI=1S/C19H19NO3S/c1-14-5-3-4-6-16(14)12-24(21)13-19-20-11-18(23-19)15-7-9-17(22-2)10-8-15/h3-11H,12-13H2,1-2H3. The van der Waals surface area contributed by atoms with E-state index in [2.05, 4.69) is 4.98 Å². The van der Waals surface area contributed by atoms with Crippen molar-refractivity contribution in [2.45, 2.75) is 18.4 Å². The molecule has 2 aromatic carbocycles. The van der Waals surface area contributed by atoms with Crippen LogP contribution in [0.2, 0.25) is 0 Å². The van der Waals surface area contributed by atoms with E-state index >= 15 is 0 Å². The van der Waals surface area contributed by atoms with Gasteiger partial charge in [-0.25, -0.2) is 4.98 Å². The fourth-order valence-electron chi connectivity index (χ4n) is 2.40. The van der Waals surface area contributed by atoms with Crippen molar-refractivity contribution in [3.8, 4) is 17.1 Å². The van der Waals surface area contributed by atoms with Gasteiger partial charge in [-0.05, 0) is 42.3 Å². The first kappa shape index (κ1) is 16.5. The third-order valence-corrected chi connectivity index (χ3v) is 4.99. The van der Waals surface area contributed by atoms with Gasteiger partial charge in [-0.15, -0.1) is 0 Å². The second-order valence-electron chi connectivity index (χ2n) is 5.50. The Morgan fingerprint density at radius 1 is 1.08 bits per heavy atom. The minimum Gasteiger partial charge on any atom is -0.497 e. The molecule has 0 saturated heterocycles. The van der Waals surface area contributed by atoms with Crippen LogP contribution in [0.1, 0.15) is 17.0 Å². The summed E-state index contributed by atoms with van der Waals surface area (Å²) in [6.45, 7) is 2.03. The first-order valence-corrected chi connectivity index (χ1v) is 9.13. The van der Waals surface area contributed by atoms with Gasteiger partial charge in [-0.1, -0.05) is 24.3 Å². The number of benzene rings is 2. The SMILES string of the molecule is COc1ccc(-c2cnc(CS(=O)Cc3ccccc3C)o2)cc1. The van der Waals surface area contributed by atoms with E-state index in [1.807, 2.05) is 55.5 Å². The van der Waals surface area contributed by atoms with Gasteiger partial charge >= 0.3 is 0 Å². The van der Waals surface area contributed by atoms with Gasteiger partial charge in [0.1, 0.15) is 11.5 Å². The summed E-state index contributed by atoms with van der Waals surface area (Å²) in [5.41, 5.74) is 3.16. The molecule has 0 N–H and O–H groups in total. The van der Waals surface area contributed by atoms with Crippen LogP contribution in [0.3, 0.4) is 0 Å². The number of rotatable bonds is 6. The number of hydrogen-bond acceptors (Lipinski definition) is 4. The Balaban J connectivity index is 1.67. The summed E-state index contributed by atoms with van der Waals surface area (Å²) in [7, 11) is 0.574. The molecule has 0 saturated carbocycles. The zero-order valence-corrected chi connectivity index (χ0v) is 14.5. The van der Waals surface area contributed by atoms with E-state index in [9.17, 15) is 4.21 Å². The first-order chi connectivity index (χ1) is 11.7. The summed E-state index contributed by atoms with van der Waals surface area (Å²) in [6.07, 6.45) is 1.67. The van der Waals surface area contributed by atoms with Crippen LogP contribution in [-0.4, -0.2) is 16.3 Å². The monoisotopic (exact) mass is 341 g/mol. The van der Waals surface area contributed by atoms with Gasteiger partial charge in [0.2, 0.25) is 5.89 Å². The quantitative estimate of drug-likeness (QED) is 0.677. The molecule has 0 fully saturated rings. The fourth-order valence-corrected chi connectivity index (χ4v) is 3.58. The van der Waals surface area contributed by atoms with E-state index in [0.29, 0.717) is 23.2 Å². The molecule has 1 atom stereocenters. The number of oxazole rings is 1. The highest BCUT2D eigenvalue weighted by Crippen LogP contribution is 2.23. The molecule has 3 aromatic rings. The number of aromatic nitrogens is 1. The molecular weight excluding hydrogens is 322 g/mol. The molecule has 3 rings (SSSR count). The highest BCUT2D eigenvalue weighted by Gasteiger charge is 2.11. The van der Waals surface area contributed by atoms with Crippen molar-refractivity contribution in [3.05, 3.63) is 71.7 Å². The van der Waals surface area contributed by atoms with E-state index in [0.717, 1.165) is 22.4 Å². The molecule has 0 bridgehead atoms. The number of ether oxygens (including phenoxy) is 1. The molecular formula is C19H19NO3S.